The summed E-state index contributed by atoms with van der Waals surface area (Å²) in [5.41, 5.74) is 2.87. The molecular weight excluding hydrogens is 178 g/mol. The fourth-order valence-corrected chi connectivity index (χ4v) is 2.33. The Hall–Kier alpha value is -0.500. The van der Waals surface area contributed by atoms with Gasteiger partial charge in [0.2, 0.25) is 0 Å². The van der Waals surface area contributed by atoms with Crippen molar-refractivity contribution in [1.82, 2.24) is 4.98 Å². The summed E-state index contributed by atoms with van der Waals surface area (Å²) in [5.74, 6) is 0.575. The first-order valence-corrected chi connectivity index (χ1v) is 5.94. The van der Waals surface area contributed by atoms with Gasteiger partial charge in [-0.1, -0.05) is 20.8 Å². The Bertz CT molecular complexity index is 259. The van der Waals surface area contributed by atoms with Crippen LogP contribution in [0.3, 0.4) is 0 Å². The summed E-state index contributed by atoms with van der Waals surface area (Å²) in [6, 6.07) is 2.13. The highest BCUT2D eigenvalue weighted by molar-refractivity contribution is 7.98. The number of rotatable bonds is 3. The van der Waals surface area contributed by atoms with E-state index in [1.165, 1.54) is 16.2 Å². The number of aryl methyl sites for hydroxylation is 1. The van der Waals surface area contributed by atoms with Crippen LogP contribution in [0.25, 0.3) is 0 Å². The van der Waals surface area contributed by atoms with Crippen LogP contribution in [-0.4, -0.2) is 11.2 Å². The van der Waals surface area contributed by atoms with Crippen molar-refractivity contribution in [2.75, 3.05) is 6.26 Å². The van der Waals surface area contributed by atoms with Crippen molar-refractivity contribution >= 4 is 11.8 Å². The van der Waals surface area contributed by atoms with Crippen molar-refractivity contribution in [3.8, 4) is 0 Å². The molecule has 0 atom stereocenters. The highest BCUT2D eigenvalue weighted by Gasteiger charge is 2.10. The van der Waals surface area contributed by atoms with Crippen LogP contribution in [0.15, 0.2) is 17.3 Å². The molecule has 0 saturated carbocycles. The Morgan fingerprint density at radius 2 is 2.15 bits per heavy atom. The fourth-order valence-electron chi connectivity index (χ4n) is 1.58. The maximum absolute atomic E-state index is 4.39. The lowest BCUT2D eigenvalue weighted by molar-refractivity contribution is 0.796. The van der Waals surface area contributed by atoms with Crippen LogP contribution >= 0.6 is 11.8 Å². The summed E-state index contributed by atoms with van der Waals surface area (Å²) in [6.45, 7) is 6.66. The molecule has 0 radical (unpaired) electrons. The molecule has 0 unspecified atom stereocenters. The molecule has 0 aliphatic carbocycles. The van der Waals surface area contributed by atoms with E-state index in [2.05, 4.69) is 38.1 Å². The van der Waals surface area contributed by atoms with Gasteiger partial charge < -0.3 is 0 Å². The molecule has 1 heterocycles. The van der Waals surface area contributed by atoms with E-state index in [1.807, 2.05) is 6.20 Å². The van der Waals surface area contributed by atoms with Crippen LogP contribution in [0, 0.1) is 0 Å². The van der Waals surface area contributed by atoms with Gasteiger partial charge in [0.1, 0.15) is 0 Å². The van der Waals surface area contributed by atoms with E-state index in [-0.39, 0.29) is 0 Å². The van der Waals surface area contributed by atoms with E-state index in [0.29, 0.717) is 5.92 Å². The maximum atomic E-state index is 4.39. The zero-order valence-corrected chi connectivity index (χ0v) is 9.61. The summed E-state index contributed by atoms with van der Waals surface area (Å²) in [4.78, 5) is 4.39. The van der Waals surface area contributed by atoms with Gasteiger partial charge in [-0.15, -0.1) is 11.8 Å². The summed E-state index contributed by atoms with van der Waals surface area (Å²) in [7, 11) is 0. The number of hydrogen-bond acceptors (Lipinski definition) is 2. The molecule has 72 valence electrons. The third kappa shape index (κ3) is 2.25. The summed E-state index contributed by atoms with van der Waals surface area (Å²) in [5, 5.41) is 1.19. The number of aromatic nitrogens is 1. The van der Waals surface area contributed by atoms with Gasteiger partial charge >= 0.3 is 0 Å². The maximum Gasteiger partial charge on any atom is 0.0994 e. The lowest BCUT2D eigenvalue weighted by Gasteiger charge is -2.14. The van der Waals surface area contributed by atoms with Gasteiger partial charge in [-0.2, -0.15) is 0 Å². The lowest BCUT2D eigenvalue weighted by Crippen LogP contribution is -1.99. The molecule has 13 heavy (non-hydrogen) atoms. The monoisotopic (exact) mass is 195 g/mol. The predicted molar refractivity (Wildman–Crippen MR) is 59.5 cm³/mol. The first-order valence-electron chi connectivity index (χ1n) is 4.72. The number of thioether (sulfide) groups is 1. The average molecular weight is 195 g/mol. The predicted octanol–water partition coefficient (Wildman–Crippen LogP) is 3.49. The molecule has 0 aliphatic rings. The Morgan fingerprint density at radius 1 is 1.46 bits per heavy atom. The molecule has 1 rings (SSSR count). The highest BCUT2D eigenvalue weighted by atomic mass is 32.2. The van der Waals surface area contributed by atoms with Crippen molar-refractivity contribution in [3.63, 3.8) is 0 Å². The molecular formula is C11H17NS. The topological polar surface area (TPSA) is 12.9 Å². The molecule has 1 nitrogen and oxygen atoms in total. The second-order valence-electron chi connectivity index (χ2n) is 3.40. The minimum absolute atomic E-state index is 0.575. The molecule has 0 spiro atoms. The second-order valence-corrected chi connectivity index (χ2v) is 4.20. The normalized spacial score (nSPS) is 10.8. The summed E-state index contributed by atoms with van der Waals surface area (Å²) in [6.07, 6.45) is 5.10. The Balaban J connectivity index is 3.21. The van der Waals surface area contributed by atoms with Crippen LogP contribution < -0.4 is 0 Å². The fraction of sp³-hybridized carbons (Fsp3) is 0.545. The quantitative estimate of drug-likeness (QED) is 0.685. The van der Waals surface area contributed by atoms with Gasteiger partial charge in [-0.05, 0) is 35.8 Å². The SMILES string of the molecule is CCc1ccnc(SC)c1C(C)C. The van der Waals surface area contributed by atoms with E-state index < -0.39 is 0 Å². The third-order valence-electron chi connectivity index (χ3n) is 2.20. The van der Waals surface area contributed by atoms with Crippen molar-refractivity contribution in [1.29, 1.82) is 0 Å². The van der Waals surface area contributed by atoms with Gasteiger partial charge in [0, 0.05) is 6.20 Å². The van der Waals surface area contributed by atoms with E-state index in [1.54, 1.807) is 11.8 Å². The summed E-state index contributed by atoms with van der Waals surface area (Å²) >= 11 is 1.74. The smallest absolute Gasteiger partial charge is 0.0994 e. The molecule has 0 saturated heterocycles. The molecule has 0 N–H and O–H groups in total. The van der Waals surface area contributed by atoms with E-state index in [0.717, 1.165) is 6.42 Å². The largest absolute Gasteiger partial charge is 0.250 e. The molecule has 0 aliphatic heterocycles. The molecule has 2 heteroatoms. The standard InChI is InChI=1S/C11H17NS/c1-5-9-6-7-12-11(13-4)10(9)8(2)3/h6-8H,5H2,1-4H3. The van der Waals surface area contributed by atoms with Gasteiger partial charge in [0.15, 0.2) is 0 Å². The van der Waals surface area contributed by atoms with E-state index in [9.17, 15) is 0 Å². The Morgan fingerprint density at radius 3 is 2.62 bits per heavy atom. The highest BCUT2D eigenvalue weighted by Crippen LogP contribution is 2.28. The lowest BCUT2D eigenvalue weighted by atomic mass is 9.98. The van der Waals surface area contributed by atoms with Crippen LogP contribution in [-0.2, 0) is 6.42 Å². The van der Waals surface area contributed by atoms with Crippen molar-refractivity contribution in [3.05, 3.63) is 23.4 Å². The average Bonchev–Trinajstić information content (AvgIpc) is 2.16. The molecule has 0 fully saturated rings. The van der Waals surface area contributed by atoms with Crippen LogP contribution in [0.2, 0.25) is 0 Å². The van der Waals surface area contributed by atoms with Crippen molar-refractivity contribution in [2.24, 2.45) is 0 Å². The zero-order valence-electron chi connectivity index (χ0n) is 8.79. The first kappa shape index (κ1) is 10.6. The van der Waals surface area contributed by atoms with Crippen molar-refractivity contribution in [2.45, 2.75) is 38.1 Å². The van der Waals surface area contributed by atoms with Gasteiger partial charge in [-0.3, -0.25) is 0 Å². The van der Waals surface area contributed by atoms with Crippen LogP contribution in [0.5, 0.6) is 0 Å². The zero-order chi connectivity index (χ0) is 9.84. The molecule has 0 bridgehead atoms. The minimum atomic E-state index is 0.575. The Labute approximate surface area is 85.0 Å². The Kier molecular flexibility index (Phi) is 3.79. The van der Waals surface area contributed by atoms with Crippen LogP contribution in [0.1, 0.15) is 37.8 Å². The molecule has 1 aromatic heterocycles. The number of hydrogen-bond donors (Lipinski definition) is 0. The first-order chi connectivity index (χ1) is 6.20. The number of pyridine rings is 1. The summed E-state index contributed by atoms with van der Waals surface area (Å²) < 4.78 is 0. The van der Waals surface area contributed by atoms with Crippen molar-refractivity contribution < 1.29 is 0 Å². The number of nitrogens with zero attached hydrogens (tertiary/aromatic N) is 1. The van der Waals surface area contributed by atoms with Gasteiger partial charge in [0.05, 0.1) is 5.03 Å². The van der Waals surface area contributed by atoms with Gasteiger partial charge in [-0.25, -0.2) is 4.98 Å². The minimum Gasteiger partial charge on any atom is -0.250 e. The van der Waals surface area contributed by atoms with E-state index in [4.69, 9.17) is 0 Å². The van der Waals surface area contributed by atoms with E-state index >= 15 is 0 Å². The second kappa shape index (κ2) is 4.66. The van der Waals surface area contributed by atoms with Gasteiger partial charge in [0.25, 0.3) is 0 Å². The molecule has 0 aromatic carbocycles. The molecule has 1 aromatic rings. The van der Waals surface area contributed by atoms with Crippen LogP contribution in [0.4, 0.5) is 0 Å². The molecule has 0 amide bonds. The third-order valence-corrected chi connectivity index (χ3v) is 2.91.